The molecule has 0 saturated carbocycles. The van der Waals surface area contributed by atoms with Crippen LogP contribution in [-0.4, -0.2) is 33.8 Å². The molecule has 0 aliphatic heterocycles. The van der Waals surface area contributed by atoms with Gasteiger partial charge >= 0.3 is 0 Å². The molecule has 4 rings (SSSR count). The van der Waals surface area contributed by atoms with Crippen LogP contribution in [0.3, 0.4) is 0 Å². The molecule has 2 aromatic heterocycles. The predicted molar refractivity (Wildman–Crippen MR) is 134 cm³/mol. The molecule has 184 valence electrons. The molecule has 6 nitrogen and oxygen atoms in total. The molecule has 2 heterocycles. The SMILES string of the molecule is CCCCCOc1cccc(C(=O)N(CCn2nc(C)cc2C)c2nc3c(F)cc(F)cc3s2)c1. The third-order valence-electron chi connectivity index (χ3n) is 5.61. The number of carbonyl (C=O) groups excluding carboxylic acids is 1. The Morgan fingerprint density at radius 2 is 1.97 bits per heavy atom. The summed E-state index contributed by atoms with van der Waals surface area (Å²) in [5.74, 6) is -1.12. The Labute approximate surface area is 207 Å². The average molecular weight is 499 g/mol. The van der Waals surface area contributed by atoms with Crippen LogP contribution in [0.15, 0.2) is 42.5 Å². The standard InChI is InChI=1S/C26H28F2N4O2S/c1-4-5-6-12-34-21-9-7-8-19(14-21)25(33)31(10-11-32-18(3)13-17(2)30-32)26-29-24-22(28)15-20(27)16-23(24)35-26/h7-9,13-16H,4-6,10-12H2,1-3H3. The summed E-state index contributed by atoms with van der Waals surface area (Å²) in [7, 11) is 0. The second-order valence-electron chi connectivity index (χ2n) is 8.42. The first-order valence-corrected chi connectivity index (χ1v) is 12.5. The number of rotatable bonds is 10. The van der Waals surface area contributed by atoms with Gasteiger partial charge in [0.25, 0.3) is 5.91 Å². The number of halogens is 2. The number of fused-ring (bicyclic) bond motifs is 1. The van der Waals surface area contributed by atoms with Crippen molar-refractivity contribution in [2.45, 2.75) is 46.6 Å². The van der Waals surface area contributed by atoms with Gasteiger partial charge in [-0.15, -0.1) is 0 Å². The van der Waals surface area contributed by atoms with E-state index in [1.807, 2.05) is 30.7 Å². The van der Waals surface area contributed by atoms with E-state index in [4.69, 9.17) is 4.74 Å². The van der Waals surface area contributed by atoms with Crippen molar-refractivity contribution < 1.29 is 18.3 Å². The fourth-order valence-electron chi connectivity index (χ4n) is 3.86. The highest BCUT2D eigenvalue weighted by molar-refractivity contribution is 7.22. The normalized spacial score (nSPS) is 11.2. The molecular formula is C26H28F2N4O2S. The number of ether oxygens (including phenoxy) is 1. The molecule has 2 aromatic carbocycles. The number of unbranched alkanes of at least 4 members (excludes halogenated alkanes) is 2. The number of thiazole rings is 1. The Hall–Kier alpha value is -3.33. The van der Waals surface area contributed by atoms with Crippen LogP contribution in [0.4, 0.5) is 13.9 Å². The lowest BCUT2D eigenvalue weighted by Crippen LogP contribution is -2.34. The molecular weight excluding hydrogens is 470 g/mol. The minimum Gasteiger partial charge on any atom is -0.494 e. The van der Waals surface area contributed by atoms with Gasteiger partial charge in [-0.3, -0.25) is 14.4 Å². The molecule has 0 radical (unpaired) electrons. The second-order valence-corrected chi connectivity index (χ2v) is 9.43. The Morgan fingerprint density at radius 3 is 2.71 bits per heavy atom. The Balaban J connectivity index is 1.64. The highest BCUT2D eigenvalue weighted by Crippen LogP contribution is 2.32. The Bertz CT molecular complexity index is 1330. The highest BCUT2D eigenvalue weighted by Gasteiger charge is 2.23. The lowest BCUT2D eigenvalue weighted by molar-refractivity contribution is 0.0985. The average Bonchev–Trinajstić information content (AvgIpc) is 3.39. The number of anilines is 1. The van der Waals surface area contributed by atoms with Crippen LogP contribution in [0.2, 0.25) is 0 Å². The van der Waals surface area contributed by atoms with Gasteiger partial charge in [0.15, 0.2) is 10.9 Å². The van der Waals surface area contributed by atoms with Gasteiger partial charge in [0, 0.05) is 23.9 Å². The molecule has 0 aliphatic rings. The third-order valence-corrected chi connectivity index (χ3v) is 6.64. The minimum absolute atomic E-state index is 0.0447. The lowest BCUT2D eigenvalue weighted by atomic mass is 10.2. The Morgan fingerprint density at radius 1 is 1.14 bits per heavy atom. The van der Waals surface area contributed by atoms with Crippen LogP contribution in [0.25, 0.3) is 10.2 Å². The molecule has 0 bridgehead atoms. The first-order chi connectivity index (χ1) is 16.9. The maximum Gasteiger partial charge on any atom is 0.260 e. The fraction of sp³-hybridized carbons (Fsp3) is 0.346. The number of aromatic nitrogens is 3. The van der Waals surface area contributed by atoms with Crippen LogP contribution < -0.4 is 9.64 Å². The monoisotopic (exact) mass is 498 g/mol. The van der Waals surface area contributed by atoms with Crippen LogP contribution in [0.5, 0.6) is 5.75 Å². The zero-order valence-electron chi connectivity index (χ0n) is 20.1. The first kappa shape index (κ1) is 24.8. The molecule has 0 atom stereocenters. The molecule has 1 amide bonds. The maximum absolute atomic E-state index is 14.4. The molecule has 0 N–H and O–H groups in total. The van der Waals surface area contributed by atoms with Gasteiger partial charge in [0.05, 0.1) is 23.5 Å². The molecule has 9 heteroatoms. The summed E-state index contributed by atoms with van der Waals surface area (Å²) in [5.41, 5.74) is 2.32. The summed E-state index contributed by atoms with van der Waals surface area (Å²) >= 11 is 1.08. The molecule has 0 saturated heterocycles. The van der Waals surface area contributed by atoms with Crippen molar-refractivity contribution in [1.82, 2.24) is 14.8 Å². The second kappa shape index (κ2) is 10.9. The van der Waals surface area contributed by atoms with Crippen LogP contribution >= 0.6 is 11.3 Å². The van der Waals surface area contributed by atoms with Crippen molar-refractivity contribution in [3.8, 4) is 5.75 Å². The molecule has 0 unspecified atom stereocenters. The van der Waals surface area contributed by atoms with Crippen molar-refractivity contribution in [2.24, 2.45) is 0 Å². The highest BCUT2D eigenvalue weighted by atomic mass is 32.1. The van der Waals surface area contributed by atoms with Crippen LogP contribution in [0, 0.1) is 25.5 Å². The zero-order valence-corrected chi connectivity index (χ0v) is 20.9. The van der Waals surface area contributed by atoms with E-state index in [0.29, 0.717) is 34.3 Å². The molecule has 4 aromatic rings. The van der Waals surface area contributed by atoms with Gasteiger partial charge in [-0.1, -0.05) is 37.2 Å². The number of amides is 1. The fourth-order valence-corrected chi connectivity index (χ4v) is 4.89. The summed E-state index contributed by atoms with van der Waals surface area (Å²) in [6.07, 6.45) is 3.11. The van der Waals surface area contributed by atoms with E-state index in [9.17, 15) is 13.6 Å². The summed E-state index contributed by atoms with van der Waals surface area (Å²) in [6.45, 7) is 7.24. The summed E-state index contributed by atoms with van der Waals surface area (Å²) < 4.78 is 36.1. The third kappa shape index (κ3) is 5.85. The number of hydrogen-bond donors (Lipinski definition) is 0. The van der Waals surface area contributed by atoms with E-state index >= 15 is 0 Å². The number of hydrogen-bond acceptors (Lipinski definition) is 5. The predicted octanol–water partition coefficient (Wildman–Crippen LogP) is 6.30. The summed E-state index contributed by atoms with van der Waals surface area (Å²) in [6, 6.07) is 11.0. The minimum atomic E-state index is -0.754. The summed E-state index contributed by atoms with van der Waals surface area (Å²) in [4.78, 5) is 19.5. The van der Waals surface area contributed by atoms with Crippen LogP contribution in [0.1, 0.15) is 47.9 Å². The van der Waals surface area contributed by atoms with Gasteiger partial charge in [-0.05, 0) is 50.6 Å². The summed E-state index contributed by atoms with van der Waals surface area (Å²) in [5, 5.41) is 4.77. The quantitative estimate of drug-likeness (QED) is 0.241. The zero-order chi connectivity index (χ0) is 24.9. The van der Waals surface area contributed by atoms with Gasteiger partial charge in [0.1, 0.15) is 17.1 Å². The Kier molecular flexibility index (Phi) is 7.75. The van der Waals surface area contributed by atoms with E-state index in [1.165, 1.54) is 11.0 Å². The molecule has 0 spiro atoms. The van der Waals surface area contributed by atoms with Crippen molar-refractivity contribution in [2.75, 3.05) is 18.1 Å². The number of nitrogens with zero attached hydrogens (tertiary/aromatic N) is 4. The molecule has 35 heavy (non-hydrogen) atoms. The van der Waals surface area contributed by atoms with Gasteiger partial charge in [-0.25, -0.2) is 13.8 Å². The maximum atomic E-state index is 14.4. The smallest absolute Gasteiger partial charge is 0.260 e. The van der Waals surface area contributed by atoms with Gasteiger partial charge in [0.2, 0.25) is 0 Å². The van der Waals surface area contributed by atoms with Crippen molar-refractivity contribution in [1.29, 1.82) is 0 Å². The lowest BCUT2D eigenvalue weighted by Gasteiger charge is -2.21. The van der Waals surface area contributed by atoms with E-state index in [1.54, 1.807) is 18.2 Å². The van der Waals surface area contributed by atoms with Gasteiger partial charge in [-0.2, -0.15) is 5.10 Å². The van der Waals surface area contributed by atoms with Crippen LogP contribution in [-0.2, 0) is 6.54 Å². The largest absolute Gasteiger partial charge is 0.494 e. The molecule has 0 aliphatic carbocycles. The number of aryl methyl sites for hydroxylation is 2. The van der Waals surface area contributed by atoms with Crippen molar-refractivity contribution >= 4 is 32.6 Å². The van der Waals surface area contributed by atoms with E-state index in [-0.39, 0.29) is 18.0 Å². The number of benzene rings is 2. The first-order valence-electron chi connectivity index (χ1n) is 11.7. The number of carbonyl (C=O) groups is 1. The van der Waals surface area contributed by atoms with E-state index in [2.05, 4.69) is 17.0 Å². The van der Waals surface area contributed by atoms with E-state index < -0.39 is 11.6 Å². The van der Waals surface area contributed by atoms with Crippen molar-refractivity contribution in [3.05, 3.63) is 71.1 Å². The molecule has 0 fully saturated rings. The topological polar surface area (TPSA) is 60.2 Å². The van der Waals surface area contributed by atoms with E-state index in [0.717, 1.165) is 48.1 Å². The van der Waals surface area contributed by atoms with Gasteiger partial charge < -0.3 is 4.74 Å². The van der Waals surface area contributed by atoms with Crippen molar-refractivity contribution in [3.63, 3.8) is 0 Å².